The molecular formula is C15H10BrNO. The van der Waals surface area contributed by atoms with Crippen LogP contribution in [0.2, 0.25) is 0 Å². The average Bonchev–Trinajstić information content (AvgIpc) is 2.87. The molecular weight excluding hydrogens is 290 g/mol. The van der Waals surface area contributed by atoms with Crippen LogP contribution in [0.15, 0.2) is 70.1 Å². The van der Waals surface area contributed by atoms with E-state index in [1.54, 1.807) is 6.26 Å². The number of hydrogen-bond acceptors (Lipinski definition) is 2. The fourth-order valence-corrected chi connectivity index (χ4v) is 2.13. The van der Waals surface area contributed by atoms with Crippen LogP contribution in [0.4, 0.5) is 0 Å². The summed E-state index contributed by atoms with van der Waals surface area (Å²) in [4.78, 5) is 4.74. The van der Waals surface area contributed by atoms with Crippen LogP contribution >= 0.6 is 15.9 Å². The molecule has 0 aliphatic carbocycles. The minimum Gasteiger partial charge on any atom is -0.439 e. The highest BCUT2D eigenvalue weighted by atomic mass is 79.9. The Hall–Kier alpha value is -1.87. The van der Waals surface area contributed by atoms with E-state index in [0.717, 1.165) is 11.3 Å². The molecule has 1 heterocycles. The van der Waals surface area contributed by atoms with Gasteiger partial charge in [0.1, 0.15) is 12.0 Å². The van der Waals surface area contributed by atoms with Gasteiger partial charge in [-0.15, -0.1) is 0 Å². The fourth-order valence-electron chi connectivity index (χ4n) is 1.85. The van der Waals surface area contributed by atoms with Gasteiger partial charge in [0.15, 0.2) is 0 Å². The summed E-state index contributed by atoms with van der Waals surface area (Å²) in [5.74, 6) is 0. The molecule has 3 aromatic rings. The molecule has 18 heavy (non-hydrogen) atoms. The van der Waals surface area contributed by atoms with E-state index in [9.17, 15) is 0 Å². The zero-order valence-electron chi connectivity index (χ0n) is 9.51. The standard InChI is InChI=1S/C15H10BrNO/c16-15-17-14(10-18-15)13-8-6-12(7-9-13)11-4-2-1-3-5-11/h1-10H. The molecule has 2 aromatic carbocycles. The average molecular weight is 300 g/mol. The van der Waals surface area contributed by atoms with Crippen LogP contribution in [0.3, 0.4) is 0 Å². The van der Waals surface area contributed by atoms with Crippen LogP contribution in [0.1, 0.15) is 0 Å². The number of nitrogens with zero attached hydrogens (tertiary/aromatic N) is 1. The van der Waals surface area contributed by atoms with Gasteiger partial charge in [0.25, 0.3) is 4.80 Å². The summed E-state index contributed by atoms with van der Waals surface area (Å²) in [7, 11) is 0. The molecule has 2 nitrogen and oxygen atoms in total. The number of rotatable bonds is 2. The van der Waals surface area contributed by atoms with Gasteiger partial charge in [0.05, 0.1) is 0 Å². The normalized spacial score (nSPS) is 10.5. The van der Waals surface area contributed by atoms with Crippen molar-refractivity contribution in [3.05, 3.63) is 65.7 Å². The molecule has 0 saturated carbocycles. The van der Waals surface area contributed by atoms with Crippen LogP contribution in [0.5, 0.6) is 0 Å². The second-order valence-corrected chi connectivity index (χ2v) is 4.61. The molecule has 0 bridgehead atoms. The molecule has 88 valence electrons. The number of oxazole rings is 1. The van der Waals surface area contributed by atoms with Crippen molar-refractivity contribution in [1.82, 2.24) is 4.98 Å². The Kier molecular flexibility index (Phi) is 2.99. The maximum Gasteiger partial charge on any atom is 0.264 e. The van der Waals surface area contributed by atoms with E-state index < -0.39 is 0 Å². The molecule has 0 unspecified atom stereocenters. The molecule has 0 aliphatic heterocycles. The highest BCUT2D eigenvalue weighted by molar-refractivity contribution is 9.10. The molecule has 0 radical (unpaired) electrons. The quantitative estimate of drug-likeness (QED) is 0.681. The highest BCUT2D eigenvalue weighted by Crippen LogP contribution is 2.25. The Morgan fingerprint density at radius 3 is 2.00 bits per heavy atom. The van der Waals surface area contributed by atoms with Crippen molar-refractivity contribution < 1.29 is 4.42 Å². The maximum absolute atomic E-state index is 5.14. The van der Waals surface area contributed by atoms with Gasteiger partial charge in [-0.25, -0.2) is 4.98 Å². The van der Waals surface area contributed by atoms with Gasteiger partial charge in [-0.05, 0) is 11.1 Å². The van der Waals surface area contributed by atoms with Gasteiger partial charge in [-0.1, -0.05) is 54.6 Å². The molecule has 0 spiro atoms. The van der Waals surface area contributed by atoms with Gasteiger partial charge in [0.2, 0.25) is 0 Å². The van der Waals surface area contributed by atoms with Crippen molar-refractivity contribution in [2.24, 2.45) is 0 Å². The first-order valence-corrected chi connectivity index (χ1v) is 6.39. The van der Waals surface area contributed by atoms with E-state index in [1.807, 2.05) is 30.3 Å². The second kappa shape index (κ2) is 4.78. The fraction of sp³-hybridized carbons (Fsp3) is 0. The molecule has 3 heteroatoms. The molecule has 0 fully saturated rings. The molecule has 0 saturated heterocycles. The minimum atomic E-state index is 0.504. The van der Waals surface area contributed by atoms with Crippen molar-refractivity contribution in [3.63, 3.8) is 0 Å². The Morgan fingerprint density at radius 1 is 0.778 bits per heavy atom. The van der Waals surface area contributed by atoms with Gasteiger partial charge in [0, 0.05) is 21.5 Å². The largest absolute Gasteiger partial charge is 0.439 e. The predicted octanol–water partition coefficient (Wildman–Crippen LogP) is 4.77. The Bertz CT molecular complexity index is 644. The Morgan fingerprint density at radius 2 is 1.39 bits per heavy atom. The van der Waals surface area contributed by atoms with E-state index in [2.05, 4.69) is 45.2 Å². The summed E-state index contributed by atoms with van der Waals surface area (Å²) < 4.78 is 5.14. The first kappa shape index (κ1) is 11.2. The van der Waals surface area contributed by atoms with Crippen LogP contribution in [0.25, 0.3) is 22.4 Å². The molecule has 3 rings (SSSR count). The number of halogens is 1. The second-order valence-electron chi connectivity index (χ2n) is 3.93. The summed E-state index contributed by atoms with van der Waals surface area (Å²) in [6, 6.07) is 18.6. The topological polar surface area (TPSA) is 26.0 Å². The molecule has 0 amide bonds. The van der Waals surface area contributed by atoms with E-state index in [0.29, 0.717) is 4.80 Å². The van der Waals surface area contributed by atoms with Gasteiger partial charge in [-0.2, -0.15) is 0 Å². The van der Waals surface area contributed by atoms with Gasteiger partial charge in [-0.3, -0.25) is 0 Å². The van der Waals surface area contributed by atoms with Crippen molar-refractivity contribution in [2.45, 2.75) is 0 Å². The summed E-state index contributed by atoms with van der Waals surface area (Å²) >= 11 is 3.20. The molecule has 1 aromatic heterocycles. The Balaban J connectivity index is 1.94. The van der Waals surface area contributed by atoms with E-state index in [-0.39, 0.29) is 0 Å². The van der Waals surface area contributed by atoms with Crippen molar-refractivity contribution in [3.8, 4) is 22.4 Å². The smallest absolute Gasteiger partial charge is 0.264 e. The first-order valence-electron chi connectivity index (χ1n) is 5.60. The van der Waals surface area contributed by atoms with Crippen molar-refractivity contribution in [2.75, 3.05) is 0 Å². The molecule has 0 N–H and O–H groups in total. The predicted molar refractivity (Wildman–Crippen MR) is 75.1 cm³/mol. The summed E-state index contributed by atoms with van der Waals surface area (Å²) in [6.07, 6.45) is 1.64. The molecule has 0 atom stereocenters. The number of hydrogen-bond donors (Lipinski definition) is 0. The zero-order valence-corrected chi connectivity index (χ0v) is 11.1. The zero-order chi connectivity index (χ0) is 12.4. The molecule has 0 aliphatic rings. The SMILES string of the molecule is Brc1nc(-c2ccc(-c3ccccc3)cc2)co1. The lowest BCUT2D eigenvalue weighted by Crippen LogP contribution is -1.80. The highest BCUT2D eigenvalue weighted by Gasteiger charge is 2.04. The lowest BCUT2D eigenvalue weighted by molar-refractivity contribution is 0.529. The van der Waals surface area contributed by atoms with Crippen LogP contribution in [0, 0.1) is 0 Å². The summed E-state index contributed by atoms with van der Waals surface area (Å²) in [6.45, 7) is 0. The van der Waals surface area contributed by atoms with Crippen molar-refractivity contribution in [1.29, 1.82) is 0 Å². The monoisotopic (exact) mass is 299 g/mol. The number of aromatic nitrogens is 1. The lowest BCUT2D eigenvalue weighted by Gasteiger charge is -2.02. The van der Waals surface area contributed by atoms with E-state index >= 15 is 0 Å². The number of benzene rings is 2. The third-order valence-corrected chi connectivity index (χ3v) is 3.13. The third kappa shape index (κ3) is 2.22. The van der Waals surface area contributed by atoms with E-state index in [4.69, 9.17) is 4.42 Å². The van der Waals surface area contributed by atoms with Gasteiger partial charge < -0.3 is 4.42 Å². The van der Waals surface area contributed by atoms with E-state index in [1.165, 1.54) is 11.1 Å². The Labute approximate surface area is 113 Å². The minimum absolute atomic E-state index is 0.504. The summed E-state index contributed by atoms with van der Waals surface area (Å²) in [5, 5.41) is 0. The first-order chi connectivity index (χ1) is 8.83. The van der Waals surface area contributed by atoms with Crippen molar-refractivity contribution >= 4 is 15.9 Å². The summed E-state index contributed by atoms with van der Waals surface area (Å²) in [5.41, 5.74) is 4.29. The van der Waals surface area contributed by atoms with Crippen LogP contribution in [-0.2, 0) is 0 Å². The maximum atomic E-state index is 5.14. The van der Waals surface area contributed by atoms with Gasteiger partial charge >= 0.3 is 0 Å². The lowest BCUT2D eigenvalue weighted by atomic mass is 10.0. The third-order valence-electron chi connectivity index (χ3n) is 2.76. The van der Waals surface area contributed by atoms with Crippen LogP contribution in [-0.4, -0.2) is 4.98 Å². The van der Waals surface area contributed by atoms with Crippen LogP contribution < -0.4 is 0 Å².